The van der Waals surface area contributed by atoms with Gasteiger partial charge >= 0.3 is 0 Å². The Morgan fingerprint density at radius 3 is 2.23 bits per heavy atom. The molecule has 0 atom stereocenters. The van der Waals surface area contributed by atoms with Crippen molar-refractivity contribution in [2.24, 2.45) is 0 Å². The van der Waals surface area contributed by atoms with Crippen molar-refractivity contribution < 1.29 is 4.79 Å². The van der Waals surface area contributed by atoms with Crippen LogP contribution in [-0.2, 0) is 0 Å². The average molecular weight is 305 g/mol. The van der Waals surface area contributed by atoms with Crippen molar-refractivity contribution in [2.45, 2.75) is 26.7 Å². The van der Waals surface area contributed by atoms with Crippen LogP contribution in [0.3, 0.4) is 0 Å². The summed E-state index contributed by atoms with van der Waals surface area (Å²) in [6.45, 7) is 9.59. The van der Waals surface area contributed by atoms with Crippen LogP contribution >= 0.6 is 0 Å². The van der Waals surface area contributed by atoms with E-state index in [4.69, 9.17) is 0 Å². The monoisotopic (exact) mass is 305 g/mol. The first-order valence-electron chi connectivity index (χ1n) is 8.22. The fourth-order valence-electron chi connectivity index (χ4n) is 2.66. The van der Waals surface area contributed by atoms with Crippen molar-refractivity contribution >= 4 is 11.7 Å². The first-order valence-corrected chi connectivity index (χ1v) is 8.22. The molecule has 0 N–H and O–H groups in total. The number of hydrogen-bond donors (Lipinski definition) is 0. The van der Waals surface area contributed by atoms with E-state index in [0.29, 0.717) is 5.69 Å². The summed E-state index contributed by atoms with van der Waals surface area (Å²) in [5.74, 6) is 0.850. The van der Waals surface area contributed by atoms with Crippen molar-refractivity contribution in [3.05, 3.63) is 17.8 Å². The highest BCUT2D eigenvalue weighted by Gasteiger charge is 2.21. The molecule has 0 aromatic carbocycles. The third-order valence-electron chi connectivity index (χ3n) is 3.97. The highest BCUT2D eigenvalue weighted by Crippen LogP contribution is 2.12. The Morgan fingerprint density at radius 1 is 1.09 bits per heavy atom. The standard InChI is InChI=1S/C16H27N5O/c1-4-8-20(9-5-2)15-7-6-14(17-18-15)16(22)21-12-10-19(3)11-13-21/h6-7H,4-5,8-13H2,1-3H3. The predicted octanol–water partition coefficient (Wildman–Crippen LogP) is 1.49. The van der Waals surface area contributed by atoms with Crippen LogP contribution in [0.5, 0.6) is 0 Å². The molecule has 1 aromatic heterocycles. The zero-order chi connectivity index (χ0) is 15.9. The Bertz CT molecular complexity index is 462. The molecule has 0 unspecified atom stereocenters. The minimum atomic E-state index is -0.00955. The van der Waals surface area contributed by atoms with Gasteiger partial charge in [0.15, 0.2) is 11.5 Å². The lowest BCUT2D eigenvalue weighted by molar-refractivity contribution is 0.0657. The van der Waals surface area contributed by atoms with Gasteiger partial charge in [-0.05, 0) is 32.0 Å². The lowest BCUT2D eigenvalue weighted by Gasteiger charge is -2.32. The fraction of sp³-hybridized carbons (Fsp3) is 0.688. The van der Waals surface area contributed by atoms with Gasteiger partial charge in [0.25, 0.3) is 5.91 Å². The van der Waals surface area contributed by atoms with Crippen LogP contribution in [0, 0.1) is 0 Å². The molecule has 1 aromatic rings. The zero-order valence-corrected chi connectivity index (χ0v) is 14.0. The number of carbonyl (C=O) groups excluding carboxylic acids is 1. The molecule has 1 amide bonds. The predicted molar refractivity (Wildman–Crippen MR) is 88.2 cm³/mol. The average Bonchev–Trinajstić information content (AvgIpc) is 2.55. The van der Waals surface area contributed by atoms with E-state index >= 15 is 0 Å². The largest absolute Gasteiger partial charge is 0.355 e. The van der Waals surface area contributed by atoms with Crippen LogP contribution in [0.25, 0.3) is 0 Å². The van der Waals surface area contributed by atoms with E-state index in [2.05, 4.69) is 40.9 Å². The summed E-state index contributed by atoms with van der Waals surface area (Å²) < 4.78 is 0. The van der Waals surface area contributed by atoms with E-state index in [1.54, 1.807) is 6.07 Å². The number of aromatic nitrogens is 2. The van der Waals surface area contributed by atoms with Crippen molar-refractivity contribution in [1.29, 1.82) is 0 Å². The molecule has 2 heterocycles. The van der Waals surface area contributed by atoms with Crippen molar-refractivity contribution in [3.63, 3.8) is 0 Å². The molecule has 1 saturated heterocycles. The summed E-state index contributed by atoms with van der Waals surface area (Å²) in [6, 6.07) is 3.73. The second-order valence-electron chi connectivity index (χ2n) is 5.86. The first-order chi connectivity index (χ1) is 10.7. The van der Waals surface area contributed by atoms with Gasteiger partial charge in [-0.25, -0.2) is 0 Å². The number of piperazine rings is 1. The van der Waals surface area contributed by atoms with Crippen molar-refractivity contribution in [3.8, 4) is 0 Å². The number of nitrogens with zero attached hydrogens (tertiary/aromatic N) is 5. The van der Waals surface area contributed by atoms with Gasteiger partial charge < -0.3 is 14.7 Å². The van der Waals surface area contributed by atoms with Gasteiger partial charge in [0.1, 0.15) is 0 Å². The highest BCUT2D eigenvalue weighted by atomic mass is 16.2. The Hall–Kier alpha value is -1.69. The molecule has 0 aliphatic carbocycles. The van der Waals surface area contributed by atoms with E-state index in [-0.39, 0.29) is 5.91 Å². The molecule has 0 radical (unpaired) electrons. The normalized spacial score (nSPS) is 15.9. The topological polar surface area (TPSA) is 52.6 Å². The van der Waals surface area contributed by atoms with Gasteiger partial charge in [0, 0.05) is 39.3 Å². The molecule has 1 aliphatic heterocycles. The maximum atomic E-state index is 12.4. The van der Waals surface area contributed by atoms with E-state index in [0.717, 1.165) is 57.9 Å². The van der Waals surface area contributed by atoms with Crippen LogP contribution in [0.2, 0.25) is 0 Å². The van der Waals surface area contributed by atoms with Gasteiger partial charge in [-0.1, -0.05) is 13.8 Å². The molecule has 0 bridgehead atoms. The molecule has 122 valence electrons. The summed E-state index contributed by atoms with van der Waals surface area (Å²) in [4.78, 5) is 18.7. The molecular weight excluding hydrogens is 278 g/mol. The smallest absolute Gasteiger partial charge is 0.274 e. The number of amides is 1. The summed E-state index contributed by atoms with van der Waals surface area (Å²) in [6.07, 6.45) is 2.15. The van der Waals surface area contributed by atoms with Crippen molar-refractivity contribution in [1.82, 2.24) is 20.0 Å². The molecule has 6 nitrogen and oxygen atoms in total. The van der Waals surface area contributed by atoms with Crippen molar-refractivity contribution in [2.75, 3.05) is 51.2 Å². The Labute approximate surface area is 133 Å². The number of hydrogen-bond acceptors (Lipinski definition) is 5. The van der Waals surface area contributed by atoms with Gasteiger partial charge in [0.05, 0.1) is 0 Å². The quantitative estimate of drug-likeness (QED) is 0.797. The Balaban J connectivity index is 2.02. The molecular formula is C16H27N5O. The van der Waals surface area contributed by atoms with Crippen LogP contribution in [0.15, 0.2) is 12.1 Å². The fourth-order valence-corrected chi connectivity index (χ4v) is 2.66. The zero-order valence-electron chi connectivity index (χ0n) is 14.0. The van der Waals surface area contributed by atoms with E-state index in [1.807, 2.05) is 11.0 Å². The summed E-state index contributed by atoms with van der Waals surface area (Å²) >= 11 is 0. The lowest BCUT2D eigenvalue weighted by atomic mass is 10.2. The van der Waals surface area contributed by atoms with Crippen LogP contribution in [0.4, 0.5) is 5.82 Å². The Kier molecular flexibility index (Phi) is 6.12. The minimum Gasteiger partial charge on any atom is -0.355 e. The molecule has 22 heavy (non-hydrogen) atoms. The van der Waals surface area contributed by atoms with Crippen LogP contribution < -0.4 is 4.90 Å². The van der Waals surface area contributed by atoms with Gasteiger partial charge in [0.2, 0.25) is 0 Å². The molecule has 6 heteroatoms. The van der Waals surface area contributed by atoms with E-state index < -0.39 is 0 Å². The maximum absolute atomic E-state index is 12.4. The third-order valence-corrected chi connectivity index (χ3v) is 3.97. The summed E-state index contributed by atoms with van der Waals surface area (Å²) in [5, 5.41) is 8.43. The highest BCUT2D eigenvalue weighted by molar-refractivity contribution is 5.92. The summed E-state index contributed by atoms with van der Waals surface area (Å²) in [7, 11) is 2.08. The number of carbonyl (C=O) groups is 1. The van der Waals surface area contributed by atoms with Gasteiger partial charge in [-0.15, -0.1) is 10.2 Å². The Morgan fingerprint density at radius 2 is 1.73 bits per heavy atom. The van der Waals surface area contributed by atoms with Crippen LogP contribution in [-0.4, -0.2) is 72.2 Å². The number of rotatable bonds is 6. The second kappa shape index (κ2) is 8.08. The molecule has 2 rings (SSSR count). The lowest BCUT2D eigenvalue weighted by Crippen LogP contribution is -2.47. The number of anilines is 1. The molecule has 1 fully saturated rings. The second-order valence-corrected chi connectivity index (χ2v) is 5.86. The van der Waals surface area contributed by atoms with E-state index in [9.17, 15) is 4.79 Å². The van der Waals surface area contributed by atoms with Crippen LogP contribution in [0.1, 0.15) is 37.2 Å². The third kappa shape index (κ3) is 4.16. The minimum absolute atomic E-state index is 0.00955. The molecule has 0 spiro atoms. The molecule has 0 saturated carbocycles. The maximum Gasteiger partial charge on any atom is 0.274 e. The number of likely N-dealkylation sites (N-methyl/N-ethyl adjacent to an activating group) is 1. The SMILES string of the molecule is CCCN(CCC)c1ccc(C(=O)N2CCN(C)CC2)nn1. The first kappa shape index (κ1) is 16.7. The van der Waals surface area contributed by atoms with E-state index in [1.165, 1.54) is 0 Å². The van der Waals surface area contributed by atoms with Gasteiger partial charge in [-0.3, -0.25) is 4.79 Å². The summed E-state index contributed by atoms with van der Waals surface area (Å²) in [5.41, 5.74) is 0.446. The van der Waals surface area contributed by atoms with Gasteiger partial charge in [-0.2, -0.15) is 0 Å². The molecule has 1 aliphatic rings.